The number of anilines is 1. The minimum atomic E-state index is -0.510. The minimum absolute atomic E-state index is 0.128. The van der Waals surface area contributed by atoms with E-state index >= 15 is 0 Å². The first-order valence-corrected chi connectivity index (χ1v) is 14.3. The summed E-state index contributed by atoms with van der Waals surface area (Å²) in [4.78, 5) is 17.4. The van der Waals surface area contributed by atoms with Crippen LogP contribution in [0.4, 0.5) is 10.6 Å². The number of ether oxygens (including phenoxy) is 2. The number of carbonyl (C=O) groups is 1. The van der Waals surface area contributed by atoms with Crippen molar-refractivity contribution in [1.82, 2.24) is 24.9 Å². The molecule has 3 aliphatic rings. The van der Waals surface area contributed by atoms with Crippen molar-refractivity contribution in [1.29, 1.82) is 0 Å². The zero-order valence-corrected chi connectivity index (χ0v) is 23.7. The second-order valence-corrected chi connectivity index (χ2v) is 12.2. The fourth-order valence-corrected chi connectivity index (χ4v) is 6.40. The molecule has 0 radical (unpaired) electrons. The Kier molecular flexibility index (Phi) is 6.80. The van der Waals surface area contributed by atoms with Crippen LogP contribution in [0.2, 0.25) is 0 Å². The number of hydrogen-bond acceptors (Lipinski definition) is 8. The summed E-state index contributed by atoms with van der Waals surface area (Å²) in [6.07, 6.45) is 9.20. The number of fused-ring (bicyclic) bond motifs is 3. The Morgan fingerprint density at radius 3 is 2.50 bits per heavy atom. The number of piperidine rings is 2. The molecular formula is C30H38N6O4. The van der Waals surface area contributed by atoms with Gasteiger partial charge in [0.1, 0.15) is 17.0 Å². The Morgan fingerprint density at radius 2 is 1.82 bits per heavy atom. The molecule has 6 rings (SSSR count). The molecule has 2 fully saturated rings. The maximum atomic E-state index is 13.1. The molecule has 3 atom stereocenters. The first-order chi connectivity index (χ1) is 19.2. The summed E-state index contributed by atoms with van der Waals surface area (Å²) >= 11 is 0. The molecule has 3 aliphatic heterocycles. The molecule has 10 nitrogen and oxygen atoms in total. The Morgan fingerprint density at radius 1 is 1.05 bits per heavy atom. The zero-order valence-electron chi connectivity index (χ0n) is 23.7. The van der Waals surface area contributed by atoms with Crippen molar-refractivity contribution in [2.24, 2.45) is 7.05 Å². The number of aryl methyl sites for hydroxylation is 1. The quantitative estimate of drug-likeness (QED) is 0.480. The van der Waals surface area contributed by atoms with E-state index in [-0.39, 0.29) is 30.0 Å². The monoisotopic (exact) mass is 546 g/mol. The van der Waals surface area contributed by atoms with Gasteiger partial charge in [-0.25, -0.2) is 4.79 Å². The third-order valence-corrected chi connectivity index (χ3v) is 8.12. The zero-order chi connectivity index (χ0) is 28.0. The molecule has 40 heavy (non-hydrogen) atoms. The fourth-order valence-electron chi connectivity index (χ4n) is 6.40. The van der Waals surface area contributed by atoms with Crippen LogP contribution in [0.15, 0.2) is 36.7 Å². The van der Waals surface area contributed by atoms with Crippen molar-refractivity contribution >= 4 is 11.9 Å². The molecule has 1 amide bonds. The van der Waals surface area contributed by atoms with Crippen molar-refractivity contribution in [3.63, 3.8) is 0 Å². The van der Waals surface area contributed by atoms with E-state index in [4.69, 9.17) is 9.47 Å². The maximum absolute atomic E-state index is 13.1. The first kappa shape index (κ1) is 26.4. The highest BCUT2D eigenvalue weighted by Crippen LogP contribution is 2.42. The highest BCUT2D eigenvalue weighted by molar-refractivity contribution is 5.75. The van der Waals surface area contributed by atoms with E-state index in [9.17, 15) is 9.90 Å². The summed E-state index contributed by atoms with van der Waals surface area (Å²) in [7, 11) is 1.86. The number of phenolic OH excluding ortho intramolecular Hbond substituents is 1. The molecule has 1 aromatic carbocycles. The lowest BCUT2D eigenvalue weighted by molar-refractivity contribution is -0.0216. The molecule has 2 unspecified atom stereocenters. The average Bonchev–Trinajstić information content (AvgIpc) is 3.22. The third kappa shape index (κ3) is 5.19. The van der Waals surface area contributed by atoms with Crippen LogP contribution >= 0.6 is 0 Å². The molecule has 2 bridgehead atoms. The summed E-state index contributed by atoms with van der Waals surface area (Å²) in [6, 6.07) is 7.96. The highest BCUT2D eigenvalue weighted by Gasteiger charge is 2.44. The van der Waals surface area contributed by atoms with E-state index < -0.39 is 5.60 Å². The summed E-state index contributed by atoms with van der Waals surface area (Å²) in [5.74, 6) is 1.54. The van der Waals surface area contributed by atoms with Crippen molar-refractivity contribution in [3.05, 3.63) is 36.7 Å². The summed E-state index contributed by atoms with van der Waals surface area (Å²) in [5.41, 5.74) is 2.46. The lowest BCUT2D eigenvalue weighted by atomic mass is 9.81. The standard InChI is InChI=1S/C30H38N6O4/c1-30(2,3)40-29(38)36-21-7-5-8-22(36)15-23(14-21)35-11-6-12-39-27-16-25(32-33-28(27)35)24-10-9-19(13-26(24)37)20-17-31-34(4)18-20/h9-10,13,16-18,21-23,37H,5-8,11-12,14-15H2,1-4H3/t21-,22?,23?/m1/s1. The molecule has 1 N–H and O–H groups in total. The van der Waals surface area contributed by atoms with Crippen LogP contribution in [-0.4, -0.2) is 73.0 Å². The normalized spacial score (nSPS) is 22.8. The number of amides is 1. The SMILES string of the molecule is Cn1cc(-c2ccc(-c3cc4c(nn3)N(C3CC5CCC[C@H](C3)N5C(=O)OC(C)(C)C)CCCO4)c(O)c2)cn1. The minimum Gasteiger partial charge on any atom is -0.507 e. The van der Waals surface area contributed by atoms with E-state index in [2.05, 4.69) is 20.2 Å². The lowest BCUT2D eigenvalue weighted by Crippen LogP contribution is -2.59. The van der Waals surface area contributed by atoms with Gasteiger partial charge in [-0.15, -0.1) is 10.2 Å². The number of carbonyl (C=O) groups excluding carboxylic acids is 1. The van der Waals surface area contributed by atoms with Gasteiger partial charge in [-0.3, -0.25) is 4.68 Å². The predicted octanol–water partition coefficient (Wildman–Crippen LogP) is 5.16. The number of phenols is 1. The predicted molar refractivity (Wildman–Crippen MR) is 151 cm³/mol. The van der Waals surface area contributed by atoms with Gasteiger partial charge in [-0.1, -0.05) is 6.07 Å². The molecular weight excluding hydrogens is 508 g/mol. The highest BCUT2D eigenvalue weighted by atomic mass is 16.6. The number of hydrogen-bond donors (Lipinski definition) is 1. The fraction of sp³-hybridized carbons (Fsp3) is 0.533. The van der Waals surface area contributed by atoms with Crippen molar-refractivity contribution in [3.8, 4) is 33.9 Å². The number of aromatic nitrogens is 4. The molecule has 3 aromatic rings. The number of benzene rings is 1. The molecule has 0 spiro atoms. The van der Waals surface area contributed by atoms with E-state index in [0.29, 0.717) is 23.6 Å². The van der Waals surface area contributed by atoms with Crippen LogP contribution < -0.4 is 9.64 Å². The van der Waals surface area contributed by atoms with Crippen LogP contribution in [0.1, 0.15) is 59.3 Å². The van der Waals surface area contributed by atoms with Gasteiger partial charge in [0.05, 0.1) is 12.8 Å². The molecule has 212 valence electrons. The van der Waals surface area contributed by atoms with E-state index in [0.717, 1.165) is 62.0 Å². The number of rotatable bonds is 3. The molecule has 0 aliphatic carbocycles. The van der Waals surface area contributed by atoms with Gasteiger partial charge in [-0.05, 0) is 77.0 Å². The van der Waals surface area contributed by atoms with Crippen molar-refractivity contribution in [2.75, 3.05) is 18.1 Å². The van der Waals surface area contributed by atoms with Gasteiger partial charge in [0.2, 0.25) is 0 Å². The maximum Gasteiger partial charge on any atom is 0.410 e. The van der Waals surface area contributed by atoms with Crippen molar-refractivity contribution < 1.29 is 19.4 Å². The van der Waals surface area contributed by atoms with E-state index in [1.807, 2.05) is 57.1 Å². The van der Waals surface area contributed by atoms with Crippen LogP contribution in [-0.2, 0) is 11.8 Å². The van der Waals surface area contributed by atoms with Crippen LogP contribution in [0.5, 0.6) is 11.5 Å². The second kappa shape index (κ2) is 10.3. The van der Waals surface area contributed by atoms with Gasteiger partial charge in [-0.2, -0.15) is 5.10 Å². The Labute approximate surface area is 234 Å². The largest absolute Gasteiger partial charge is 0.507 e. The Hall–Kier alpha value is -3.82. The van der Waals surface area contributed by atoms with E-state index in [1.165, 1.54) is 0 Å². The van der Waals surface area contributed by atoms with Gasteiger partial charge in [0, 0.05) is 55.1 Å². The molecule has 0 saturated carbocycles. The molecule has 10 heteroatoms. The Balaban J connectivity index is 1.24. The van der Waals surface area contributed by atoms with E-state index in [1.54, 1.807) is 16.9 Å². The molecule has 2 saturated heterocycles. The topological polar surface area (TPSA) is 106 Å². The number of aromatic hydroxyl groups is 1. The van der Waals surface area contributed by atoms with Gasteiger partial charge in [0.15, 0.2) is 11.6 Å². The molecule has 2 aromatic heterocycles. The third-order valence-electron chi connectivity index (χ3n) is 8.12. The summed E-state index contributed by atoms with van der Waals surface area (Å²) in [5, 5.41) is 24.3. The van der Waals surface area contributed by atoms with Crippen LogP contribution in [0, 0.1) is 0 Å². The second-order valence-electron chi connectivity index (χ2n) is 12.2. The van der Waals surface area contributed by atoms with Crippen molar-refractivity contribution in [2.45, 2.75) is 83.0 Å². The number of nitrogens with zero attached hydrogens (tertiary/aromatic N) is 6. The lowest BCUT2D eigenvalue weighted by Gasteiger charge is -2.50. The summed E-state index contributed by atoms with van der Waals surface area (Å²) in [6.45, 7) is 7.17. The van der Waals surface area contributed by atoms with Gasteiger partial charge >= 0.3 is 6.09 Å². The summed E-state index contributed by atoms with van der Waals surface area (Å²) < 4.78 is 13.7. The van der Waals surface area contributed by atoms with Gasteiger partial charge < -0.3 is 24.4 Å². The van der Waals surface area contributed by atoms with Crippen LogP contribution in [0.3, 0.4) is 0 Å². The average molecular weight is 547 g/mol. The smallest absolute Gasteiger partial charge is 0.410 e. The van der Waals surface area contributed by atoms with Crippen LogP contribution in [0.25, 0.3) is 22.4 Å². The first-order valence-electron chi connectivity index (χ1n) is 14.3. The van der Waals surface area contributed by atoms with Gasteiger partial charge in [0.25, 0.3) is 0 Å². The molecule has 5 heterocycles. The Bertz CT molecular complexity index is 1390.